The van der Waals surface area contributed by atoms with Crippen molar-refractivity contribution in [2.75, 3.05) is 19.7 Å². The van der Waals surface area contributed by atoms with E-state index in [-0.39, 0.29) is 18.4 Å². The number of piperidine rings is 1. The van der Waals surface area contributed by atoms with Gasteiger partial charge < -0.3 is 15.0 Å². The van der Waals surface area contributed by atoms with Crippen molar-refractivity contribution in [2.24, 2.45) is 0 Å². The Morgan fingerprint density at radius 1 is 1.29 bits per heavy atom. The fourth-order valence-corrected chi connectivity index (χ4v) is 3.11. The third kappa shape index (κ3) is 3.20. The van der Waals surface area contributed by atoms with Crippen molar-refractivity contribution in [3.05, 3.63) is 29.8 Å². The van der Waals surface area contributed by atoms with Crippen LogP contribution in [0.4, 0.5) is 4.79 Å². The zero-order chi connectivity index (χ0) is 17.2. The van der Waals surface area contributed by atoms with Gasteiger partial charge in [-0.25, -0.2) is 4.79 Å². The highest BCUT2D eigenvalue weighted by Gasteiger charge is 2.48. The Morgan fingerprint density at radius 3 is 2.67 bits per heavy atom. The Labute approximate surface area is 140 Å². The number of hydrogen-bond donors (Lipinski definition) is 2. The van der Waals surface area contributed by atoms with E-state index in [2.05, 4.69) is 17.6 Å². The van der Waals surface area contributed by atoms with Crippen LogP contribution in [0.15, 0.2) is 24.3 Å². The molecule has 4 amide bonds. The average Bonchev–Trinajstić information content (AvgIpc) is 2.86. The van der Waals surface area contributed by atoms with Crippen molar-refractivity contribution in [3.8, 4) is 5.75 Å². The average molecular weight is 331 g/mol. The summed E-state index contributed by atoms with van der Waals surface area (Å²) < 4.78 is 5.58. The summed E-state index contributed by atoms with van der Waals surface area (Å²) in [7, 11) is 0. The molecular formula is C17H21N3O4. The second-order valence-electron chi connectivity index (χ2n) is 6.16. The van der Waals surface area contributed by atoms with Gasteiger partial charge in [0.15, 0.2) is 6.61 Å². The molecule has 7 nitrogen and oxygen atoms in total. The summed E-state index contributed by atoms with van der Waals surface area (Å²) >= 11 is 0. The van der Waals surface area contributed by atoms with Gasteiger partial charge >= 0.3 is 6.03 Å². The van der Waals surface area contributed by atoms with Crippen LogP contribution in [0.3, 0.4) is 0 Å². The summed E-state index contributed by atoms with van der Waals surface area (Å²) in [5, 5.41) is 4.94. The molecule has 0 saturated carbocycles. The summed E-state index contributed by atoms with van der Waals surface area (Å²) in [6, 6.07) is 7.22. The third-order valence-corrected chi connectivity index (χ3v) is 4.65. The first-order valence-electron chi connectivity index (χ1n) is 8.15. The molecular weight excluding hydrogens is 310 g/mol. The van der Waals surface area contributed by atoms with Gasteiger partial charge in [-0.1, -0.05) is 19.1 Å². The number of ether oxygens (including phenoxy) is 1. The number of carbonyl (C=O) groups excluding carboxylic acids is 3. The fraction of sp³-hybridized carbons (Fsp3) is 0.471. The number of carbonyl (C=O) groups is 3. The molecule has 2 N–H and O–H groups in total. The van der Waals surface area contributed by atoms with Gasteiger partial charge in [0, 0.05) is 13.1 Å². The molecule has 24 heavy (non-hydrogen) atoms. The van der Waals surface area contributed by atoms with Crippen molar-refractivity contribution in [1.29, 1.82) is 0 Å². The zero-order valence-corrected chi connectivity index (χ0v) is 13.6. The first-order chi connectivity index (χ1) is 11.5. The molecule has 0 aliphatic carbocycles. The molecule has 0 radical (unpaired) electrons. The maximum atomic E-state index is 12.3. The molecule has 0 unspecified atom stereocenters. The molecule has 0 bridgehead atoms. The maximum Gasteiger partial charge on any atom is 0.322 e. The van der Waals surface area contributed by atoms with Crippen LogP contribution in [0, 0.1) is 0 Å². The van der Waals surface area contributed by atoms with Gasteiger partial charge in [-0.15, -0.1) is 0 Å². The molecule has 1 aromatic rings. The van der Waals surface area contributed by atoms with E-state index in [0.717, 1.165) is 12.0 Å². The molecule has 0 aromatic heterocycles. The first-order valence-corrected chi connectivity index (χ1v) is 8.15. The lowest BCUT2D eigenvalue weighted by molar-refractivity contribution is -0.137. The van der Waals surface area contributed by atoms with Gasteiger partial charge in [0.1, 0.15) is 11.3 Å². The van der Waals surface area contributed by atoms with Crippen molar-refractivity contribution in [3.63, 3.8) is 0 Å². The van der Waals surface area contributed by atoms with Crippen molar-refractivity contribution in [2.45, 2.75) is 31.7 Å². The van der Waals surface area contributed by atoms with E-state index in [0.29, 0.717) is 31.7 Å². The second kappa shape index (κ2) is 6.51. The molecule has 1 aromatic carbocycles. The zero-order valence-electron chi connectivity index (χ0n) is 13.6. The highest BCUT2D eigenvalue weighted by atomic mass is 16.5. The number of nitrogens with one attached hydrogen (secondary N) is 2. The number of likely N-dealkylation sites (tertiary alicyclic amines) is 1. The van der Waals surface area contributed by atoms with Crippen LogP contribution in [-0.4, -0.2) is 48.0 Å². The van der Waals surface area contributed by atoms with Gasteiger partial charge in [0.05, 0.1) is 0 Å². The first kappa shape index (κ1) is 16.3. The molecule has 2 aliphatic heterocycles. The Kier molecular flexibility index (Phi) is 4.42. The van der Waals surface area contributed by atoms with Gasteiger partial charge in [-0.3, -0.25) is 14.9 Å². The summed E-state index contributed by atoms with van der Waals surface area (Å²) in [6.45, 7) is 2.88. The predicted molar refractivity (Wildman–Crippen MR) is 86.5 cm³/mol. The monoisotopic (exact) mass is 331 g/mol. The molecule has 7 heteroatoms. The van der Waals surface area contributed by atoms with Crippen molar-refractivity contribution in [1.82, 2.24) is 15.5 Å². The molecule has 3 rings (SSSR count). The summed E-state index contributed by atoms with van der Waals surface area (Å²) in [5.41, 5.74) is 0.298. The molecule has 0 atom stereocenters. The fourth-order valence-electron chi connectivity index (χ4n) is 3.11. The number of nitrogens with zero attached hydrogens (tertiary/aromatic N) is 1. The molecule has 2 saturated heterocycles. The number of imide groups is 1. The highest BCUT2D eigenvalue weighted by molar-refractivity contribution is 6.07. The molecule has 128 valence electrons. The number of hydrogen-bond acceptors (Lipinski definition) is 4. The minimum atomic E-state index is -0.857. The number of aryl methyl sites for hydroxylation is 1. The van der Waals surface area contributed by atoms with E-state index in [1.54, 1.807) is 4.90 Å². The summed E-state index contributed by atoms with van der Waals surface area (Å²) in [5.74, 6) is 0.266. The van der Waals surface area contributed by atoms with E-state index in [9.17, 15) is 14.4 Å². The maximum absolute atomic E-state index is 12.3. The number of urea groups is 1. The predicted octanol–water partition coefficient (Wildman–Crippen LogP) is 0.828. The lowest BCUT2D eigenvalue weighted by Crippen LogP contribution is -2.56. The van der Waals surface area contributed by atoms with E-state index in [1.165, 1.54) is 0 Å². The molecule has 1 spiro atoms. The third-order valence-electron chi connectivity index (χ3n) is 4.65. The Bertz CT molecular complexity index is 666. The van der Waals surface area contributed by atoms with E-state index < -0.39 is 11.6 Å². The van der Waals surface area contributed by atoms with Crippen LogP contribution >= 0.6 is 0 Å². The van der Waals surface area contributed by atoms with Crippen LogP contribution in [0.25, 0.3) is 0 Å². The Morgan fingerprint density at radius 2 is 2.04 bits per heavy atom. The van der Waals surface area contributed by atoms with E-state index in [4.69, 9.17) is 4.74 Å². The summed E-state index contributed by atoms with van der Waals surface area (Å²) in [6.07, 6.45) is 1.75. The number of benzene rings is 1. The van der Waals surface area contributed by atoms with Crippen LogP contribution in [-0.2, 0) is 16.0 Å². The lowest BCUT2D eigenvalue weighted by atomic mass is 9.88. The number of rotatable bonds is 4. The van der Waals surface area contributed by atoms with Gasteiger partial charge in [-0.2, -0.15) is 0 Å². The molecule has 2 aliphatic rings. The van der Waals surface area contributed by atoms with E-state index in [1.807, 2.05) is 24.3 Å². The van der Waals surface area contributed by atoms with Crippen LogP contribution in [0.1, 0.15) is 25.3 Å². The minimum Gasteiger partial charge on any atom is -0.484 e. The minimum absolute atomic E-state index is 0.0290. The smallest absolute Gasteiger partial charge is 0.322 e. The summed E-state index contributed by atoms with van der Waals surface area (Å²) in [4.78, 5) is 37.2. The van der Waals surface area contributed by atoms with E-state index >= 15 is 0 Å². The standard InChI is InChI=1S/C17H21N3O4/c1-2-12-4-3-5-13(10-12)24-11-14(21)20-8-6-17(7-9-20)15(22)18-16(23)19-17/h3-5,10H,2,6-9,11H2,1H3,(H2,18,19,22,23). The quantitative estimate of drug-likeness (QED) is 0.800. The second-order valence-corrected chi connectivity index (χ2v) is 6.16. The number of amides is 4. The van der Waals surface area contributed by atoms with Crippen molar-refractivity contribution < 1.29 is 19.1 Å². The van der Waals surface area contributed by atoms with Crippen LogP contribution in [0.2, 0.25) is 0 Å². The molecule has 2 fully saturated rings. The SMILES string of the molecule is CCc1cccc(OCC(=O)N2CCC3(CC2)NC(=O)NC3=O)c1. The normalized spacial score (nSPS) is 19.1. The van der Waals surface area contributed by atoms with Gasteiger partial charge in [0.2, 0.25) is 0 Å². The highest BCUT2D eigenvalue weighted by Crippen LogP contribution is 2.25. The largest absolute Gasteiger partial charge is 0.484 e. The van der Waals surface area contributed by atoms with Gasteiger partial charge in [0.25, 0.3) is 11.8 Å². The topological polar surface area (TPSA) is 87.7 Å². The Balaban J connectivity index is 1.52. The van der Waals surface area contributed by atoms with Crippen LogP contribution in [0.5, 0.6) is 5.75 Å². The Hall–Kier alpha value is -2.57. The van der Waals surface area contributed by atoms with Crippen LogP contribution < -0.4 is 15.4 Å². The van der Waals surface area contributed by atoms with Gasteiger partial charge in [-0.05, 0) is 37.0 Å². The molecule has 2 heterocycles. The van der Waals surface area contributed by atoms with Crippen molar-refractivity contribution >= 4 is 17.8 Å². The lowest BCUT2D eigenvalue weighted by Gasteiger charge is -2.36.